The third-order valence-corrected chi connectivity index (χ3v) is 2.77. The van der Waals surface area contributed by atoms with Crippen molar-refractivity contribution in [2.24, 2.45) is 0 Å². The minimum absolute atomic E-state index is 0.259. The van der Waals surface area contributed by atoms with E-state index in [4.69, 9.17) is 16.0 Å². The zero-order valence-corrected chi connectivity index (χ0v) is 10.5. The molecule has 1 aromatic carbocycles. The molecule has 92 valence electrons. The second-order valence-corrected chi connectivity index (χ2v) is 4.41. The largest absolute Gasteiger partial charge is 0.439 e. The molecular formula is C12H14ClFN2O. The predicted octanol–water partition coefficient (Wildman–Crippen LogP) is 3.16. The van der Waals surface area contributed by atoms with Crippen LogP contribution in [0, 0.1) is 5.82 Å². The molecule has 3 nitrogen and oxygen atoms in total. The molecule has 2 aromatic rings. The normalized spacial score (nSPS) is 13.2. The molecule has 0 radical (unpaired) electrons. The number of oxazole rings is 1. The van der Waals surface area contributed by atoms with E-state index >= 15 is 0 Å². The molecule has 17 heavy (non-hydrogen) atoms. The summed E-state index contributed by atoms with van der Waals surface area (Å²) in [5.41, 5.74) is 0.917. The van der Waals surface area contributed by atoms with E-state index in [9.17, 15) is 4.39 Å². The molecule has 1 atom stereocenters. The van der Waals surface area contributed by atoms with Gasteiger partial charge >= 0.3 is 0 Å². The van der Waals surface area contributed by atoms with E-state index in [0.717, 1.165) is 6.54 Å². The number of nitrogens with one attached hydrogen (secondary N) is 1. The Hall–Kier alpha value is -1.13. The monoisotopic (exact) mass is 256 g/mol. The van der Waals surface area contributed by atoms with E-state index in [-0.39, 0.29) is 11.1 Å². The van der Waals surface area contributed by atoms with Crippen molar-refractivity contribution >= 4 is 22.7 Å². The molecule has 0 aliphatic carbocycles. The van der Waals surface area contributed by atoms with Crippen LogP contribution in [0.25, 0.3) is 11.1 Å². The molecule has 5 heteroatoms. The second kappa shape index (κ2) is 5.02. The molecule has 0 aliphatic heterocycles. The Labute approximate surface area is 104 Å². The molecule has 1 heterocycles. The van der Waals surface area contributed by atoms with Crippen LogP contribution in [0.5, 0.6) is 0 Å². The molecule has 2 rings (SSSR count). The molecule has 0 fully saturated rings. The zero-order chi connectivity index (χ0) is 12.4. The van der Waals surface area contributed by atoms with Crippen molar-refractivity contribution in [1.29, 1.82) is 0 Å². The summed E-state index contributed by atoms with van der Waals surface area (Å²) in [5, 5.41) is 3.52. The molecule has 0 amide bonds. The fraction of sp³-hybridized carbons (Fsp3) is 0.417. The van der Waals surface area contributed by atoms with Gasteiger partial charge in [0.1, 0.15) is 11.3 Å². The number of halogens is 2. The SMILES string of the molecule is CCNC(C)Cc1nc2cc(F)cc(Cl)c2o1. The summed E-state index contributed by atoms with van der Waals surface area (Å²) in [6, 6.07) is 2.82. The van der Waals surface area contributed by atoms with Gasteiger partial charge in [-0.05, 0) is 19.5 Å². The highest BCUT2D eigenvalue weighted by Crippen LogP contribution is 2.26. The molecule has 0 saturated heterocycles. The first-order valence-electron chi connectivity index (χ1n) is 5.58. The van der Waals surface area contributed by atoms with Crippen LogP contribution in [0.15, 0.2) is 16.5 Å². The number of benzene rings is 1. The van der Waals surface area contributed by atoms with Crippen molar-refractivity contribution < 1.29 is 8.81 Å². The van der Waals surface area contributed by atoms with Crippen LogP contribution in [0.3, 0.4) is 0 Å². The summed E-state index contributed by atoms with van der Waals surface area (Å²) in [5.74, 6) is 0.169. The molecule has 0 bridgehead atoms. The summed E-state index contributed by atoms with van der Waals surface area (Å²) >= 11 is 5.88. The molecule has 1 aromatic heterocycles. The highest BCUT2D eigenvalue weighted by molar-refractivity contribution is 6.34. The van der Waals surface area contributed by atoms with Crippen molar-refractivity contribution in [2.45, 2.75) is 26.3 Å². The lowest BCUT2D eigenvalue weighted by atomic mass is 10.2. The van der Waals surface area contributed by atoms with Crippen LogP contribution in [0.2, 0.25) is 5.02 Å². The van der Waals surface area contributed by atoms with Gasteiger partial charge in [0.2, 0.25) is 0 Å². The van der Waals surface area contributed by atoms with Gasteiger partial charge in [0.15, 0.2) is 11.5 Å². The third kappa shape index (κ3) is 2.76. The Morgan fingerprint density at radius 1 is 1.53 bits per heavy atom. The van der Waals surface area contributed by atoms with Crippen LogP contribution in [0.4, 0.5) is 4.39 Å². The van der Waals surface area contributed by atoms with Crippen molar-refractivity contribution in [1.82, 2.24) is 10.3 Å². The van der Waals surface area contributed by atoms with Crippen LogP contribution in [-0.2, 0) is 6.42 Å². The number of rotatable bonds is 4. The van der Waals surface area contributed by atoms with Gasteiger partial charge in [0, 0.05) is 18.5 Å². The minimum atomic E-state index is -0.401. The predicted molar refractivity (Wildman–Crippen MR) is 65.8 cm³/mol. The fourth-order valence-corrected chi connectivity index (χ4v) is 2.02. The Morgan fingerprint density at radius 2 is 2.29 bits per heavy atom. The van der Waals surface area contributed by atoms with E-state index in [1.54, 1.807) is 0 Å². The van der Waals surface area contributed by atoms with Gasteiger partial charge in [-0.25, -0.2) is 9.37 Å². The second-order valence-electron chi connectivity index (χ2n) is 4.01. The van der Waals surface area contributed by atoms with E-state index in [1.165, 1.54) is 12.1 Å². The average Bonchev–Trinajstić information content (AvgIpc) is 2.60. The summed E-state index contributed by atoms with van der Waals surface area (Å²) < 4.78 is 18.6. The highest BCUT2D eigenvalue weighted by atomic mass is 35.5. The quantitative estimate of drug-likeness (QED) is 0.913. The van der Waals surface area contributed by atoms with E-state index < -0.39 is 5.82 Å². The number of aromatic nitrogens is 1. The summed E-state index contributed by atoms with van der Waals surface area (Å²) in [6.45, 7) is 4.96. The van der Waals surface area contributed by atoms with Gasteiger partial charge in [-0.2, -0.15) is 0 Å². The number of fused-ring (bicyclic) bond motifs is 1. The Morgan fingerprint density at radius 3 is 3.00 bits per heavy atom. The summed E-state index contributed by atoms with van der Waals surface area (Å²) in [6.07, 6.45) is 0.653. The highest BCUT2D eigenvalue weighted by Gasteiger charge is 2.13. The maximum absolute atomic E-state index is 13.1. The molecular weight excluding hydrogens is 243 g/mol. The van der Waals surface area contributed by atoms with Crippen molar-refractivity contribution in [3.8, 4) is 0 Å². The zero-order valence-electron chi connectivity index (χ0n) is 9.76. The maximum atomic E-state index is 13.1. The van der Waals surface area contributed by atoms with E-state index in [1.807, 2.05) is 13.8 Å². The number of hydrogen-bond donors (Lipinski definition) is 1. The fourth-order valence-electron chi connectivity index (χ4n) is 1.78. The lowest BCUT2D eigenvalue weighted by Crippen LogP contribution is -2.27. The molecule has 0 spiro atoms. The standard InChI is InChI=1S/C12H14ClFN2O/c1-3-15-7(2)4-11-16-10-6-8(14)5-9(13)12(10)17-11/h5-7,15H,3-4H2,1-2H3. The van der Waals surface area contributed by atoms with Gasteiger partial charge < -0.3 is 9.73 Å². The Kier molecular flexibility index (Phi) is 3.64. The maximum Gasteiger partial charge on any atom is 0.197 e. The molecule has 0 saturated carbocycles. The smallest absolute Gasteiger partial charge is 0.197 e. The van der Waals surface area contributed by atoms with Crippen LogP contribution < -0.4 is 5.32 Å². The number of hydrogen-bond acceptors (Lipinski definition) is 3. The van der Waals surface area contributed by atoms with Gasteiger partial charge in [0.25, 0.3) is 0 Å². The number of nitrogens with zero attached hydrogens (tertiary/aromatic N) is 1. The first-order valence-corrected chi connectivity index (χ1v) is 5.95. The molecule has 1 unspecified atom stereocenters. The lowest BCUT2D eigenvalue weighted by Gasteiger charge is -2.08. The summed E-state index contributed by atoms with van der Waals surface area (Å²) in [7, 11) is 0. The Balaban J connectivity index is 2.28. The van der Waals surface area contributed by atoms with E-state index in [0.29, 0.717) is 23.4 Å². The van der Waals surface area contributed by atoms with Crippen molar-refractivity contribution in [3.63, 3.8) is 0 Å². The van der Waals surface area contributed by atoms with Gasteiger partial charge in [-0.1, -0.05) is 18.5 Å². The first-order chi connectivity index (χ1) is 8.10. The first kappa shape index (κ1) is 12.3. The summed E-state index contributed by atoms with van der Waals surface area (Å²) in [4.78, 5) is 4.23. The van der Waals surface area contributed by atoms with Crippen LogP contribution >= 0.6 is 11.6 Å². The van der Waals surface area contributed by atoms with Crippen molar-refractivity contribution in [3.05, 3.63) is 28.9 Å². The van der Waals surface area contributed by atoms with Crippen molar-refractivity contribution in [2.75, 3.05) is 6.54 Å². The van der Waals surface area contributed by atoms with Crippen LogP contribution in [0.1, 0.15) is 19.7 Å². The number of likely N-dealkylation sites (N-methyl/N-ethyl adjacent to an activating group) is 1. The topological polar surface area (TPSA) is 38.1 Å². The Bertz CT molecular complexity index is 526. The molecule has 0 aliphatic rings. The molecule has 1 N–H and O–H groups in total. The van der Waals surface area contributed by atoms with Gasteiger partial charge in [-0.3, -0.25) is 0 Å². The van der Waals surface area contributed by atoms with E-state index in [2.05, 4.69) is 10.3 Å². The van der Waals surface area contributed by atoms with Crippen LogP contribution in [-0.4, -0.2) is 17.6 Å². The van der Waals surface area contributed by atoms with Gasteiger partial charge in [-0.15, -0.1) is 0 Å². The minimum Gasteiger partial charge on any atom is -0.439 e. The van der Waals surface area contributed by atoms with Gasteiger partial charge in [0.05, 0.1) is 5.02 Å². The average molecular weight is 257 g/mol. The lowest BCUT2D eigenvalue weighted by molar-refractivity contribution is 0.469. The third-order valence-electron chi connectivity index (χ3n) is 2.49.